The molecule has 0 aliphatic carbocycles. The van der Waals surface area contributed by atoms with E-state index in [9.17, 15) is 4.79 Å². The highest BCUT2D eigenvalue weighted by molar-refractivity contribution is 9.10. The number of rotatable bonds is 5. The van der Waals surface area contributed by atoms with E-state index in [1.54, 1.807) is 6.07 Å². The first-order chi connectivity index (χ1) is 11.1. The van der Waals surface area contributed by atoms with Gasteiger partial charge in [0.2, 0.25) is 0 Å². The summed E-state index contributed by atoms with van der Waals surface area (Å²) in [6.45, 7) is 6.19. The molecule has 0 spiro atoms. The molecule has 1 amide bonds. The first-order valence-electron chi connectivity index (χ1n) is 7.59. The first-order valence-corrected chi connectivity index (χ1v) is 8.39. The van der Waals surface area contributed by atoms with Crippen LogP contribution in [0.15, 0.2) is 52.1 Å². The Hall–Kier alpha value is -2.21. The molecule has 0 atom stereocenters. The Balaban J connectivity index is 1.77. The smallest absolute Gasteiger partial charge is 0.372 e. The fourth-order valence-electron chi connectivity index (χ4n) is 2.57. The van der Waals surface area contributed by atoms with Crippen LogP contribution in [-0.2, 0) is 0 Å². The maximum absolute atomic E-state index is 12.4. The second-order valence-electron chi connectivity index (χ2n) is 5.21. The molecule has 1 aliphatic rings. The van der Waals surface area contributed by atoms with Gasteiger partial charge in [0.1, 0.15) is 5.56 Å². The van der Waals surface area contributed by atoms with Gasteiger partial charge in [-0.15, -0.1) is 5.43 Å². The number of carbonyl (C=O) groups excluding carboxylic acids is 1. The number of carbonyl (C=O) groups is 1. The number of benzene rings is 2. The van der Waals surface area contributed by atoms with Gasteiger partial charge >= 0.3 is 5.91 Å². The number of fused-ring (bicyclic) bond motifs is 1. The van der Waals surface area contributed by atoms with Crippen molar-refractivity contribution in [2.45, 2.75) is 13.8 Å². The van der Waals surface area contributed by atoms with E-state index in [-0.39, 0.29) is 5.91 Å². The van der Waals surface area contributed by atoms with Crippen LogP contribution in [0.4, 0.5) is 17.1 Å². The summed E-state index contributed by atoms with van der Waals surface area (Å²) in [4.78, 5) is 15.9. The van der Waals surface area contributed by atoms with Gasteiger partial charge in [-0.1, -0.05) is 15.9 Å². The molecular formula is C17H18BrN4O+. The van der Waals surface area contributed by atoms with Crippen molar-refractivity contribution in [3.8, 4) is 0 Å². The van der Waals surface area contributed by atoms with Crippen molar-refractivity contribution in [3.05, 3.63) is 52.5 Å². The highest BCUT2D eigenvalue weighted by Gasteiger charge is 2.34. The van der Waals surface area contributed by atoms with Crippen LogP contribution >= 0.6 is 15.9 Å². The van der Waals surface area contributed by atoms with E-state index < -0.39 is 0 Å². The van der Waals surface area contributed by atoms with E-state index in [1.165, 1.54) is 4.81 Å². The number of amides is 1. The van der Waals surface area contributed by atoms with Crippen LogP contribution in [0, 0.1) is 0 Å². The molecule has 1 heterocycles. The van der Waals surface area contributed by atoms with Crippen molar-refractivity contribution in [3.63, 3.8) is 0 Å². The summed E-state index contributed by atoms with van der Waals surface area (Å²) in [6.07, 6.45) is 0. The average molecular weight is 374 g/mol. The number of halogens is 1. The maximum Gasteiger partial charge on any atom is 0.475 e. The molecule has 5 nitrogen and oxygen atoms in total. The van der Waals surface area contributed by atoms with Gasteiger partial charge < -0.3 is 4.90 Å². The Morgan fingerprint density at radius 3 is 2.48 bits per heavy atom. The summed E-state index contributed by atoms with van der Waals surface area (Å²) in [5, 5.41) is 4.30. The summed E-state index contributed by atoms with van der Waals surface area (Å²) in [7, 11) is 0. The van der Waals surface area contributed by atoms with Crippen LogP contribution < -0.4 is 10.3 Å². The van der Waals surface area contributed by atoms with Crippen LogP contribution in [0.5, 0.6) is 0 Å². The summed E-state index contributed by atoms with van der Waals surface area (Å²) < 4.78 is 0.866. The number of nitrogens with one attached hydrogen (secondary N) is 1. The predicted octanol–water partition coefficient (Wildman–Crippen LogP) is 4.57. The van der Waals surface area contributed by atoms with Crippen molar-refractivity contribution < 1.29 is 9.60 Å². The molecular weight excluding hydrogens is 356 g/mol. The minimum Gasteiger partial charge on any atom is -0.372 e. The van der Waals surface area contributed by atoms with E-state index in [0.29, 0.717) is 11.3 Å². The van der Waals surface area contributed by atoms with Crippen molar-refractivity contribution in [1.29, 1.82) is 0 Å². The number of hydrogen-bond acceptors (Lipinski definition) is 4. The Kier molecular flexibility index (Phi) is 4.43. The zero-order valence-electron chi connectivity index (χ0n) is 13.1. The molecule has 0 fully saturated rings. The molecule has 0 unspecified atom stereocenters. The molecule has 1 N–H and O–H groups in total. The van der Waals surface area contributed by atoms with Crippen molar-refractivity contribution in [2.75, 3.05) is 23.4 Å². The van der Waals surface area contributed by atoms with Crippen molar-refractivity contribution >= 4 is 38.9 Å². The lowest BCUT2D eigenvalue weighted by atomic mass is 10.2. The van der Waals surface area contributed by atoms with Crippen LogP contribution in [0.3, 0.4) is 0 Å². The Labute approximate surface area is 143 Å². The molecule has 0 radical (unpaired) electrons. The molecule has 0 aromatic heterocycles. The van der Waals surface area contributed by atoms with Crippen molar-refractivity contribution in [1.82, 2.24) is 0 Å². The third-order valence-electron chi connectivity index (χ3n) is 3.82. The fourth-order valence-corrected chi connectivity index (χ4v) is 2.93. The van der Waals surface area contributed by atoms with Gasteiger partial charge in [0, 0.05) is 28.4 Å². The summed E-state index contributed by atoms with van der Waals surface area (Å²) >= 11 is 3.38. The highest BCUT2D eigenvalue weighted by atomic mass is 79.9. The largest absolute Gasteiger partial charge is 0.475 e. The Morgan fingerprint density at radius 1 is 1.13 bits per heavy atom. The van der Waals surface area contributed by atoms with Gasteiger partial charge in [0.15, 0.2) is 5.69 Å². The molecule has 2 aromatic rings. The Bertz CT molecular complexity index is 767. The van der Waals surface area contributed by atoms with Gasteiger partial charge in [-0.05, 0) is 56.3 Å². The summed E-state index contributed by atoms with van der Waals surface area (Å²) in [6, 6.07) is 13.5. The van der Waals surface area contributed by atoms with Gasteiger partial charge in [-0.25, -0.2) is 4.79 Å². The molecule has 3 rings (SSSR count). The second-order valence-corrected chi connectivity index (χ2v) is 6.13. The second kappa shape index (κ2) is 6.50. The average Bonchev–Trinajstić information content (AvgIpc) is 2.86. The number of nitrogens with zero attached hydrogens (tertiary/aromatic N) is 3. The first kappa shape index (κ1) is 15.7. The van der Waals surface area contributed by atoms with E-state index in [2.05, 4.69) is 45.2 Å². The van der Waals surface area contributed by atoms with E-state index in [4.69, 9.17) is 0 Å². The van der Waals surface area contributed by atoms with Gasteiger partial charge in [-0.3, -0.25) is 0 Å². The molecule has 23 heavy (non-hydrogen) atoms. The van der Waals surface area contributed by atoms with Gasteiger partial charge in [0.05, 0.1) is 10.5 Å². The molecule has 6 heteroatoms. The number of azo groups is 1. The summed E-state index contributed by atoms with van der Waals surface area (Å²) in [5.74, 6) is -0.158. The normalized spacial score (nSPS) is 12.8. The minimum atomic E-state index is -0.158. The van der Waals surface area contributed by atoms with Crippen LogP contribution in [0.1, 0.15) is 24.2 Å². The molecule has 2 aromatic carbocycles. The zero-order valence-corrected chi connectivity index (χ0v) is 14.7. The molecule has 0 bridgehead atoms. The third-order valence-corrected chi connectivity index (χ3v) is 4.31. The standard InChI is InChI=1S/C17H17BrN4O/c1-3-21(4-2)14-8-6-13(7-9-14)19-22-17(23)15-11-12(18)5-10-16(15)20-22/h5-11H,3-4H2,1-2H3/p+1. The molecule has 118 valence electrons. The number of anilines is 2. The minimum absolute atomic E-state index is 0.158. The monoisotopic (exact) mass is 373 g/mol. The lowest BCUT2D eigenvalue weighted by molar-refractivity contribution is -0.457. The van der Waals surface area contributed by atoms with E-state index in [1.807, 2.05) is 36.4 Å². The lowest BCUT2D eigenvalue weighted by Gasteiger charge is -2.20. The quantitative estimate of drug-likeness (QED) is 0.780. The number of hydrogen-bond donors (Lipinski definition) is 1. The number of hydrazine groups is 1. The van der Waals surface area contributed by atoms with Gasteiger partial charge in [0.25, 0.3) is 0 Å². The van der Waals surface area contributed by atoms with E-state index in [0.717, 1.165) is 28.9 Å². The van der Waals surface area contributed by atoms with Gasteiger partial charge in [-0.2, -0.15) is 0 Å². The lowest BCUT2D eigenvalue weighted by Crippen LogP contribution is -2.23. The zero-order chi connectivity index (χ0) is 16.4. The van der Waals surface area contributed by atoms with Crippen molar-refractivity contribution in [2.24, 2.45) is 5.11 Å². The highest BCUT2D eigenvalue weighted by Crippen LogP contribution is 2.29. The van der Waals surface area contributed by atoms with E-state index >= 15 is 0 Å². The molecule has 1 aliphatic heterocycles. The Morgan fingerprint density at radius 2 is 1.83 bits per heavy atom. The summed E-state index contributed by atoms with van der Waals surface area (Å²) in [5.41, 5.74) is 6.29. The van der Waals surface area contributed by atoms with Crippen LogP contribution in [0.25, 0.3) is 0 Å². The molecule has 0 saturated heterocycles. The topological polar surface area (TPSA) is 47.7 Å². The van der Waals surface area contributed by atoms with Crippen LogP contribution in [-0.4, -0.2) is 23.8 Å². The SMILES string of the molecule is CCN(CC)c1ccc(N[N+]2=Nc3ccc(Br)cc3C2=O)cc1. The fraction of sp³-hybridized carbons (Fsp3) is 0.235. The van der Waals surface area contributed by atoms with Crippen LogP contribution in [0.2, 0.25) is 0 Å². The molecule has 0 saturated carbocycles. The third kappa shape index (κ3) is 3.12. The maximum atomic E-state index is 12.4. The predicted molar refractivity (Wildman–Crippen MR) is 94.4 cm³/mol.